The Morgan fingerprint density at radius 1 is 0.895 bits per heavy atom. The largest absolute Gasteiger partial charge is 0.494 e. The van der Waals surface area contributed by atoms with Crippen molar-refractivity contribution in [3.05, 3.63) is 18.2 Å². The molecule has 4 atom stereocenters. The number of hydrogen-bond donors (Lipinski definition) is 2. The molecule has 1 heterocycles. The summed E-state index contributed by atoms with van der Waals surface area (Å²) in [6.45, 7) is 15.8. The van der Waals surface area contributed by atoms with E-state index in [4.69, 9.17) is 0 Å². The second-order valence-corrected chi connectivity index (χ2v) is 11.9. The van der Waals surface area contributed by atoms with Crippen molar-refractivity contribution in [1.82, 2.24) is 4.57 Å². The van der Waals surface area contributed by atoms with Crippen LogP contribution in [0.1, 0.15) is 131 Å². The Labute approximate surface area is 233 Å². The van der Waals surface area contributed by atoms with Crippen molar-refractivity contribution in [2.75, 3.05) is 11.4 Å². The molecular formula is C33H58N2O3. The van der Waals surface area contributed by atoms with Crippen LogP contribution in [-0.4, -0.2) is 27.2 Å². The molecule has 1 aromatic heterocycles. The molecule has 38 heavy (non-hydrogen) atoms. The maximum Gasteiger partial charge on any atom is 0.253 e. The molecule has 0 saturated heterocycles. The fraction of sp³-hybridized carbons (Fsp3) is 0.788. The van der Waals surface area contributed by atoms with Gasteiger partial charge in [-0.1, -0.05) is 105 Å². The summed E-state index contributed by atoms with van der Waals surface area (Å²) in [5.41, 5.74) is 0.821. The number of aromatic nitrogens is 1. The Hall–Kier alpha value is -1.91. The van der Waals surface area contributed by atoms with Crippen LogP contribution in [0, 0.1) is 23.7 Å². The number of carbonyl (C=O) groups is 1. The summed E-state index contributed by atoms with van der Waals surface area (Å²) in [6.07, 6.45) is 18.5. The summed E-state index contributed by atoms with van der Waals surface area (Å²) in [5, 5.41) is 21.1. The zero-order chi connectivity index (χ0) is 28.1. The Morgan fingerprint density at radius 3 is 2.16 bits per heavy atom. The van der Waals surface area contributed by atoms with E-state index in [0.717, 1.165) is 49.4 Å². The summed E-state index contributed by atoms with van der Waals surface area (Å²) < 4.78 is 1.49. The van der Waals surface area contributed by atoms with Crippen LogP contribution in [0.15, 0.2) is 18.2 Å². The molecule has 0 bridgehead atoms. The number of unbranched alkanes of at least 4 members (excludes halogenated alkanes) is 6. The SMILES string of the molecule is C=C(C)C(=O)N(CCCCCCCCC1CCC(CC)C(CC)C1CCC)c1cc(O)n(CCCC)c1O. The molecule has 2 N–H and O–H groups in total. The molecule has 0 aromatic carbocycles. The highest BCUT2D eigenvalue weighted by Gasteiger charge is 2.36. The average molecular weight is 531 g/mol. The van der Waals surface area contributed by atoms with E-state index < -0.39 is 0 Å². The van der Waals surface area contributed by atoms with Gasteiger partial charge in [0.1, 0.15) is 5.69 Å². The second-order valence-electron chi connectivity index (χ2n) is 11.9. The van der Waals surface area contributed by atoms with E-state index in [-0.39, 0.29) is 17.7 Å². The number of aromatic hydroxyl groups is 2. The number of nitrogens with zero attached hydrogens (tertiary/aromatic N) is 2. The molecule has 1 aromatic rings. The quantitative estimate of drug-likeness (QED) is 0.147. The monoisotopic (exact) mass is 530 g/mol. The highest BCUT2D eigenvalue weighted by Crippen LogP contribution is 2.46. The first-order valence-electron chi connectivity index (χ1n) is 15.9. The van der Waals surface area contributed by atoms with Crippen LogP contribution in [0.2, 0.25) is 0 Å². The van der Waals surface area contributed by atoms with Crippen LogP contribution in [0.5, 0.6) is 11.8 Å². The van der Waals surface area contributed by atoms with Crippen LogP contribution in [0.3, 0.4) is 0 Å². The first-order chi connectivity index (χ1) is 18.3. The van der Waals surface area contributed by atoms with Gasteiger partial charge in [-0.15, -0.1) is 0 Å². The molecule has 1 aliphatic carbocycles. The number of rotatable bonds is 18. The predicted octanol–water partition coefficient (Wildman–Crippen LogP) is 9.22. The summed E-state index contributed by atoms with van der Waals surface area (Å²) in [5.74, 6) is 3.52. The molecule has 218 valence electrons. The molecular weight excluding hydrogens is 472 g/mol. The lowest BCUT2D eigenvalue weighted by molar-refractivity contribution is -0.115. The van der Waals surface area contributed by atoms with E-state index in [1.807, 2.05) is 0 Å². The molecule has 1 amide bonds. The van der Waals surface area contributed by atoms with E-state index in [9.17, 15) is 15.0 Å². The molecule has 0 radical (unpaired) electrons. The molecule has 2 rings (SSSR count). The first-order valence-corrected chi connectivity index (χ1v) is 15.9. The number of anilines is 1. The van der Waals surface area contributed by atoms with Gasteiger partial charge >= 0.3 is 0 Å². The van der Waals surface area contributed by atoms with Crippen LogP contribution >= 0.6 is 0 Å². The van der Waals surface area contributed by atoms with Crippen molar-refractivity contribution in [2.45, 2.75) is 137 Å². The minimum Gasteiger partial charge on any atom is -0.494 e. The molecule has 5 nitrogen and oxygen atoms in total. The summed E-state index contributed by atoms with van der Waals surface area (Å²) in [7, 11) is 0. The number of hydrogen-bond acceptors (Lipinski definition) is 3. The lowest BCUT2D eigenvalue weighted by Gasteiger charge is -2.43. The topological polar surface area (TPSA) is 65.7 Å². The van der Waals surface area contributed by atoms with Gasteiger partial charge in [0.25, 0.3) is 5.91 Å². The van der Waals surface area contributed by atoms with Crippen molar-refractivity contribution < 1.29 is 15.0 Å². The minimum absolute atomic E-state index is 0.0000734. The van der Waals surface area contributed by atoms with Gasteiger partial charge in [0, 0.05) is 24.7 Å². The van der Waals surface area contributed by atoms with Gasteiger partial charge in [0.15, 0.2) is 5.88 Å². The van der Waals surface area contributed by atoms with Crippen LogP contribution in [0.4, 0.5) is 5.69 Å². The molecule has 5 heteroatoms. The molecule has 0 aliphatic heterocycles. The van der Waals surface area contributed by atoms with Crippen molar-refractivity contribution in [1.29, 1.82) is 0 Å². The van der Waals surface area contributed by atoms with Gasteiger partial charge in [-0.25, -0.2) is 0 Å². The van der Waals surface area contributed by atoms with Gasteiger partial charge in [0.05, 0.1) is 0 Å². The lowest BCUT2D eigenvalue weighted by atomic mass is 9.62. The van der Waals surface area contributed by atoms with Gasteiger partial charge in [0.2, 0.25) is 5.88 Å². The van der Waals surface area contributed by atoms with E-state index in [2.05, 4.69) is 34.3 Å². The van der Waals surface area contributed by atoms with E-state index in [1.165, 1.54) is 81.3 Å². The highest BCUT2D eigenvalue weighted by atomic mass is 16.3. The fourth-order valence-corrected chi connectivity index (χ4v) is 7.03. The average Bonchev–Trinajstić information content (AvgIpc) is 3.18. The lowest BCUT2D eigenvalue weighted by Crippen LogP contribution is -2.34. The zero-order valence-electron chi connectivity index (χ0n) is 25.3. The zero-order valence-corrected chi connectivity index (χ0v) is 25.3. The van der Waals surface area contributed by atoms with Gasteiger partial charge in [-0.05, 0) is 56.3 Å². The van der Waals surface area contributed by atoms with E-state index in [0.29, 0.717) is 24.4 Å². The normalized spacial score (nSPS) is 21.5. The molecule has 1 fully saturated rings. The summed E-state index contributed by atoms with van der Waals surface area (Å²) in [6, 6.07) is 1.51. The third-order valence-corrected chi connectivity index (χ3v) is 9.16. The molecule has 0 spiro atoms. The van der Waals surface area contributed by atoms with Crippen LogP contribution in [0.25, 0.3) is 0 Å². The minimum atomic E-state index is -0.197. The highest BCUT2D eigenvalue weighted by molar-refractivity contribution is 6.05. The molecule has 1 saturated carbocycles. The van der Waals surface area contributed by atoms with Crippen LogP contribution in [-0.2, 0) is 11.3 Å². The number of amides is 1. The third-order valence-electron chi connectivity index (χ3n) is 9.16. The Bertz CT molecular complexity index is 846. The maximum absolute atomic E-state index is 12.9. The van der Waals surface area contributed by atoms with E-state index >= 15 is 0 Å². The van der Waals surface area contributed by atoms with Crippen LogP contribution < -0.4 is 4.90 Å². The van der Waals surface area contributed by atoms with Crippen molar-refractivity contribution >= 4 is 11.6 Å². The van der Waals surface area contributed by atoms with E-state index in [1.54, 1.807) is 11.8 Å². The predicted molar refractivity (Wildman–Crippen MR) is 161 cm³/mol. The van der Waals surface area contributed by atoms with Gasteiger partial charge < -0.3 is 15.1 Å². The number of carbonyl (C=O) groups excluding carboxylic acids is 1. The standard InChI is InChI=1S/C33H58N2O3/c1-7-11-22-35-31(36)24-30(33(35)38)34(32(37)25(5)6)23-17-15-13-12-14-16-19-27-21-20-26(9-3)28(10-4)29(27)18-8-2/h24,26-29,36,38H,5,7-23H2,1-4,6H3. The second kappa shape index (κ2) is 16.9. The smallest absolute Gasteiger partial charge is 0.253 e. The first kappa shape index (κ1) is 32.3. The van der Waals surface area contributed by atoms with Gasteiger partial charge in [-0.3, -0.25) is 9.36 Å². The van der Waals surface area contributed by atoms with Gasteiger partial charge in [-0.2, -0.15) is 0 Å². The maximum atomic E-state index is 12.9. The third kappa shape index (κ3) is 8.81. The summed E-state index contributed by atoms with van der Waals surface area (Å²) >= 11 is 0. The molecule has 1 aliphatic rings. The molecule has 4 unspecified atom stereocenters. The van der Waals surface area contributed by atoms with Crippen molar-refractivity contribution in [3.8, 4) is 11.8 Å². The Kier molecular flexibility index (Phi) is 14.4. The summed E-state index contributed by atoms with van der Waals surface area (Å²) in [4.78, 5) is 14.5. The Morgan fingerprint density at radius 2 is 1.55 bits per heavy atom. The van der Waals surface area contributed by atoms with Crippen molar-refractivity contribution in [2.24, 2.45) is 23.7 Å². The Balaban J connectivity index is 1.80. The van der Waals surface area contributed by atoms with Crippen molar-refractivity contribution in [3.63, 3.8) is 0 Å². The fourth-order valence-electron chi connectivity index (χ4n) is 7.03.